The van der Waals surface area contributed by atoms with Crippen molar-refractivity contribution in [1.29, 1.82) is 0 Å². The second kappa shape index (κ2) is 3.28. The van der Waals surface area contributed by atoms with Crippen LogP contribution in [-0.4, -0.2) is 0 Å². The van der Waals surface area contributed by atoms with Gasteiger partial charge in [0.15, 0.2) is 0 Å². The van der Waals surface area contributed by atoms with Crippen LogP contribution in [0.5, 0.6) is 0 Å². The van der Waals surface area contributed by atoms with Crippen LogP contribution in [-0.2, 0) is 23.0 Å². The molecule has 0 unspecified atom stereocenters. The second-order valence-electron chi connectivity index (χ2n) is 0.194. The number of rotatable bonds is 1. The fourth-order valence-electron chi connectivity index (χ4n) is 0. The normalized spacial score (nSPS) is 7.00. The Balaban J connectivity index is 2.73. The SMILES string of the molecule is C=[CH][Ag]=[O]. The fourth-order valence-corrected chi connectivity index (χ4v) is 0. The van der Waals surface area contributed by atoms with Gasteiger partial charge in [-0.05, 0) is 0 Å². The molecule has 0 aliphatic rings. The van der Waals surface area contributed by atoms with Crippen LogP contribution in [0.15, 0.2) is 10.9 Å². The molecule has 0 N–H and O–H groups in total. The van der Waals surface area contributed by atoms with Gasteiger partial charge in [-0.25, -0.2) is 0 Å². The van der Waals surface area contributed by atoms with E-state index < -0.39 is 0 Å². The average molecular weight is 151 g/mol. The van der Waals surface area contributed by atoms with Crippen LogP contribution in [0, 0.1) is 0 Å². The molecule has 0 heterocycles. The van der Waals surface area contributed by atoms with Gasteiger partial charge in [0.2, 0.25) is 0 Å². The van der Waals surface area contributed by atoms with Gasteiger partial charge >= 0.3 is 33.9 Å². The van der Waals surface area contributed by atoms with E-state index in [0.717, 1.165) is 0 Å². The van der Waals surface area contributed by atoms with E-state index in [0.29, 0.717) is 0 Å². The van der Waals surface area contributed by atoms with Crippen molar-refractivity contribution in [2.75, 3.05) is 0 Å². The van der Waals surface area contributed by atoms with E-state index in [1.54, 1.807) is 0 Å². The molecule has 1 nitrogen and oxygen atoms in total. The summed E-state index contributed by atoms with van der Waals surface area (Å²) in [5.41, 5.74) is 0. The van der Waals surface area contributed by atoms with Gasteiger partial charge in [0.1, 0.15) is 0 Å². The van der Waals surface area contributed by atoms with E-state index in [1.807, 2.05) is 0 Å². The van der Waals surface area contributed by atoms with E-state index in [1.165, 1.54) is 4.29 Å². The van der Waals surface area contributed by atoms with E-state index in [-0.39, 0.29) is 19.7 Å². The first kappa shape index (κ1) is 4.28. The molecular weight excluding hydrogens is 148 g/mol. The van der Waals surface area contributed by atoms with Crippen LogP contribution in [0.25, 0.3) is 0 Å². The van der Waals surface area contributed by atoms with Crippen LogP contribution < -0.4 is 0 Å². The molecular formula is C2H3AgO. The maximum absolute atomic E-state index is 9.21. The Labute approximate surface area is 34.4 Å². The first-order valence-electron chi connectivity index (χ1n) is 0.705. The molecule has 0 spiro atoms. The van der Waals surface area contributed by atoms with Gasteiger partial charge in [-0.2, -0.15) is 0 Å². The third kappa shape index (κ3) is 2.28. The Bertz CT molecular complexity index is 27.0. The van der Waals surface area contributed by atoms with E-state index in [2.05, 4.69) is 6.58 Å². The van der Waals surface area contributed by atoms with Gasteiger partial charge in [0, 0.05) is 0 Å². The Hall–Kier alpha value is 0.280. The third-order valence-electron chi connectivity index (χ3n) is 0.0503. The van der Waals surface area contributed by atoms with Crippen LogP contribution in [0.3, 0.4) is 0 Å². The molecule has 2 heteroatoms. The summed E-state index contributed by atoms with van der Waals surface area (Å²) >= 11 is -0.360. The zero-order valence-corrected chi connectivity index (χ0v) is 3.48. The molecule has 0 aliphatic carbocycles. The number of hydrogen-bond donors (Lipinski definition) is 0. The van der Waals surface area contributed by atoms with Crippen molar-refractivity contribution in [3.05, 3.63) is 10.9 Å². The molecule has 0 aromatic rings. The quantitative estimate of drug-likeness (QED) is 0.500. The average Bonchev–Trinajstić information content (AvgIpc) is 1.37. The Morgan fingerprint density at radius 3 is 2.25 bits per heavy atom. The summed E-state index contributed by atoms with van der Waals surface area (Å²) in [6.07, 6.45) is 0. The van der Waals surface area contributed by atoms with Crippen molar-refractivity contribution in [3.8, 4) is 0 Å². The van der Waals surface area contributed by atoms with Crippen molar-refractivity contribution in [1.82, 2.24) is 0 Å². The molecule has 0 fully saturated rings. The Morgan fingerprint density at radius 1 is 2.00 bits per heavy atom. The van der Waals surface area contributed by atoms with Crippen LogP contribution in [0.2, 0.25) is 0 Å². The summed E-state index contributed by atoms with van der Waals surface area (Å²) in [5, 5.41) is 0. The van der Waals surface area contributed by atoms with E-state index in [4.69, 9.17) is 0 Å². The topological polar surface area (TPSA) is 17.1 Å². The van der Waals surface area contributed by atoms with Crippen LogP contribution >= 0.6 is 0 Å². The molecule has 4 heavy (non-hydrogen) atoms. The minimum absolute atomic E-state index is 0.360. The molecule has 0 rings (SSSR count). The minimum atomic E-state index is -0.360. The molecule has 0 amide bonds. The molecule has 0 aliphatic heterocycles. The maximum atomic E-state index is 9.21. The van der Waals surface area contributed by atoms with Crippen LogP contribution in [0.1, 0.15) is 0 Å². The first-order valence-corrected chi connectivity index (χ1v) is 2.17. The van der Waals surface area contributed by atoms with Crippen molar-refractivity contribution in [2.45, 2.75) is 0 Å². The zero-order chi connectivity index (χ0) is 3.41. The third-order valence-corrected chi connectivity index (χ3v) is 0.297. The molecule has 28 valence electrons. The Kier molecular flexibility index (Phi) is 3.51. The summed E-state index contributed by atoms with van der Waals surface area (Å²) < 4.78 is 10.6. The molecule has 0 atom stereocenters. The van der Waals surface area contributed by atoms with Gasteiger partial charge in [-0.3, -0.25) is 0 Å². The van der Waals surface area contributed by atoms with Crippen molar-refractivity contribution >= 4 is 0 Å². The summed E-state index contributed by atoms with van der Waals surface area (Å²) in [7, 11) is 0. The van der Waals surface area contributed by atoms with E-state index >= 15 is 0 Å². The summed E-state index contributed by atoms with van der Waals surface area (Å²) in [5.74, 6) is 0. The van der Waals surface area contributed by atoms with Crippen molar-refractivity contribution in [2.24, 2.45) is 0 Å². The van der Waals surface area contributed by atoms with Gasteiger partial charge < -0.3 is 0 Å². The summed E-state index contributed by atoms with van der Waals surface area (Å²) in [4.78, 5) is 0. The molecule has 0 saturated carbocycles. The van der Waals surface area contributed by atoms with Gasteiger partial charge in [-0.1, -0.05) is 0 Å². The standard InChI is InChI=1S/C2H3.Ag.O/c1-2;;/h1H,2H2;;. The molecule has 0 bridgehead atoms. The van der Waals surface area contributed by atoms with Crippen molar-refractivity contribution in [3.63, 3.8) is 0 Å². The van der Waals surface area contributed by atoms with Gasteiger partial charge in [0.05, 0.1) is 0 Å². The predicted molar refractivity (Wildman–Crippen MR) is 10.9 cm³/mol. The number of hydrogen-bond acceptors (Lipinski definition) is 1. The van der Waals surface area contributed by atoms with Gasteiger partial charge in [0.25, 0.3) is 0 Å². The molecule has 0 aromatic heterocycles. The van der Waals surface area contributed by atoms with Crippen LogP contribution in [0.4, 0.5) is 0 Å². The van der Waals surface area contributed by atoms with Gasteiger partial charge in [-0.15, -0.1) is 0 Å². The Morgan fingerprint density at radius 2 is 2.25 bits per heavy atom. The second-order valence-corrected chi connectivity index (χ2v) is 1.15. The monoisotopic (exact) mass is 150 g/mol. The molecule has 0 saturated heterocycles. The molecule has 0 aromatic carbocycles. The fraction of sp³-hybridized carbons (Fsp3) is 0. The predicted octanol–water partition coefficient (Wildman–Crippen LogP) is 0.558. The first-order chi connectivity index (χ1) is 1.91. The molecule has 0 radical (unpaired) electrons. The summed E-state index contributed by atoms with van der Waals surface area (Å²) in [6.45, 7) is 3.18. The zero-order valence-electron chi connectivity index (χ0n) is 1.99. The van der Waals surface area contributed by atoms with E-state index in [9.17, 15) is 3.25 Å². The summed E-state index contributed by atoms with van der Waals surface area (Å²) in [6, 6.07) is 0. The van der Waals surface area contributed by atoms with Crippen molar-refractivity contribution < 1.29 is 23.0 Å².